The van der Waals surface area contributed by atoms with Crippen LogP contribution in [0.5, 0.6) is 5.88 Å². The fraction of sp³-hybridized carbons (Fsp3) is 0.583. The third kappa shape index (κ3) is 1.85. The zero-order chi connectivity index (χ0) is 11.0. The first-order valence-electron chi connectivity index (χ1n) is 5.77. The summed E-state index contributed by atoms with van der Waals surface area (Å²) in [6.07, 6.45) is 2.74. The van der Waals surface area contributed by atoms with E-state index in [1.807, 2.05) is 6.07 Å². The van der Waals surface area contributed by atoms with E-state index in [9.17, 15) is 0 Å². The topological polar surface area (TPSA) is 37.9 Å². The molecule has 0 N–H and O–H groups in total. The van der Waals surface area contributed by atoms with Gasteiger partial charge >= 0.3 is 0 Å². The molecule has 0 aliphatic carbocycles. The van der Waals surface area contributed by atoms with E-state index >= 15 is 0 Å². The van der Waals surface area contributed by atoms with Crippen LogP contribution in [0.25, 0.3) is 0 Å². The second-order valence-corrected chi connectivity index (χ2v) is 4.34. The van der Waals surface area contributed by atoms with E-state index in [4.69, 9.17) is 9.47 Å². The number of aromatic nitrogens is 1. The highest BCUT2D eigenvalue weighted by Gasteiger charge is 2.28. The summed E-state index contributed by atoms with van der Waals surface area (Å²) in [5, 5.41) is 0. The van der Waals surface area contributed by atoms with Crippen molar-refractivity contribution >= 4 is 5.82 Å². The molecule has 1 fully saturated rings. The first-order chi connectivity index (χ1) is 7.86. The van der Waals surface area contributed by atoms with Crippen LogP contribution in [0.15, 0.2) is 12.1 Å². The molecular formula is C12H16N2O2. The van der Waals surface area contributed by atoms with Gasteiger partial charge in [0.1, 0.15) is 5.82 Å². The van der Waals surface area contributed by atoms with E-state index in [0.717, 1.165) is 31.9 Å². The van der Waals surface area contributed by atoms with Crippen LogP contribution in [0, 0.1) is 0 Å². The van der Waals surface area contributed by atoms with Crippen LogP contribution in [0.4, 0.5) is 5.82 Å². The van der Waals surface area contributed by atoms with Crippen LogP contribution < -0.4 is 9.64 Å². The number of rotatable bonds is 3. The van der Waals surface area contributed by atoms with Crippen LogP contribution in [0.1, 0.15) is 12.0 Å². The number of methoxy groups -OCH3 is 1. The lowest BCUT2D eigenvalue weighted by Gasteiger charge is -2.29. The number of anilines is 1. The van der Waals surface area contributed by atoms with Gasteiger partial charge in [-0.1, -0.05) is 0 Å². The SMILES string of the molecule is COc1ccc2c(n1)N(CC1CO1)CCC2. The van der Waals surface area contributed by atoms with E-state index in [1.54, 1.807) is 7.11 Å². The van der Waals surface area contributed by atoms with E-state index in [2.05, 4.69) is 16.0 Å². The summed E-state index contributed by atoms with van der Waals surface area (Å²) >= 11 is 0. The molecule has 4 nitrogen and oxygen atoms in total. The van der Waals surface area contributed by atoms with Gasteiger partial charge < -0.3 is 14.4 Å². The minimum absolute atomic E-state index is 0.416. The third-order valence-corrected chi connectivity index (χ3v) is 3.14. The summed E-state index contributed by atoms with van der Waals surface area (Å²) in [5.41, 5.74) is 1.33. The van der Waals surface area contributed by atoms with Gasteiger partial charge in [-0.2, -0.15) is 4.98 Å². The molecule has 0 radical (unpaired) electrons. The summed E-state index contributed by atoms with van der Waals surface area (Å²) in [4.78, 5) is 6.86. The van der Waals surface area contributed by atoms with Gasteiger partial charge in [0.05, 0.1) is 19.8 Å². The maximum absolute atomic E-state index is 5.28. The minimum atomic E-state index is 0.416. The predicted octanol–water partition coefficient (Wildman–Crippen LogP) is 1.24. The minimum Gasteiger partial charge on any atom is -0.481 e. The third-order valence-electron chi connectivity index (χ3n) is 3.14. The van der Waals surface area contributed by atoms with Crippen LogP contribution in [-0.4, -0.2) is 37.9 Å². The maximum atomic E-state index is 5.28. The molecule has 1 aromatic heterocycles. The van der Waals surface area contributed by atoms with Crippen LogP contribution in [0.3, 0.4) is 0 Å². The molecule has 0 amide bonds. The molecule has 0 saturated carbocycles. The molecule has 16 heavy (non-hydrogen) atoms. The second-order valence-electron chi connectivity index (χ2n) is 4.34. The predicted molar refractivity (Wildman–Crippen MR) is 61.1 cm³/mol. The standard InChI is InChI=1S/C12H16N2O2/c1-15-11-5-4-9-3-2-6-14(12(9)13-11)7-10-8-16-10/h4-5,10H,2-3,6-8H2,1H3. The number of aryl methyl sites for hydroxylation is 1. The van der Waals surface area contributed by atoms with Crippen LogP contribution >= 0.6 is 0 Å². The van der Waals surface area contributed by atoms with Gasteiger partial charge in [0, 0.05) is 19.2 Å². The van der Waals surface area contributed by atoms with Gasteiger partial charge in [-0.15, -0.1) is 0 Å². The zero-order valence-electron chi connectivity index (χ0n) is 9.48. The van der Waals surface area contributed by atoms with Crippen molar-refractivity contribution in [2.75, 3.05) is 31.7 Å². The number of ether oxygens (including phenoxy) is 2. The fourth-order valence-electron chi connectivity index (χ4n) is 2.21. The Balaban J connectivity index is 1.88. The van der Waals surface area contributed by atoms with Crippen LogP contribution in [-0.2, 0) is 11.2 Å². The van der Waals surface area contributed by atoms with Crippen molar-refractivity contribution < 1.29 is 9.47 Å². The Labute approximate surface area is 95.2 Å². The van der Waals surface area contributed by atoms with Gasteiger partial charge in [0.2, 0.25) is 5.88 Å². The lowest BCUT2D eigenvalue weighted by Crippen LogP contribution is -2.33. The van der Waals surface area contributed by atoms with Crippen molar-refractivity contribution in [2.45, 2.75) is 18.9 Å². The number of fused-ring (bicyclic) bond motifs is 1. The average molecular weight is 220 g/mol. The zero-order valence-corrected chi connectivity index (χ0v) is 9.48. The van der Waals surface area contributed by atoms with Crippen molar-refractivity contribution in [1.82, 2.24) is 4.98 Å². The number of pyridine rings is 1. The van der Waals surface area contributed by atoms with Gasteiger partial charge in [-0.3, -0.25) is 0 Å². The van der Waals surface area contributed by atoms with E-state index in [0.29, 0.717) is 12.0 Å². The summed E-state index contributed by atoms with van der Waals surface area (Å²) < 4.78 is 10.5. The molecule has 0 spiro atoms. The first kappa shape index (κ1) is 9.90. The lowest BCUT2D eigenvalue weighted by molar-refractivity contribution is 0.393. The maximum Gasteiger partial charge on any atom is 0.214 e. The Morgan fingerprint density at radius 1 is 1.56 bits per heavy atom. The largest absolute Gasteiger partial charge is 0.481 e. The highest BCUT2D eigenvalue weighted by atomic mass is 16.6. The van der Waals surface area contributed by atoms with Crippen LogP contribution in [0.2, 0.25) is 0 Å². The number of epoxide rings is 1. The highest BCUT2D eigenvalue weighted by molar-refractivity contribution is 5.51. The molecular weight excluding hydrogens is 204 g/mol. The summed E-state index contributed by atoms with van der Waals surface area (Å²) in [7, 11) is 1.66. The average Bonchev–Trinajstić information content (AvgIpc) is 3.13. The highest BCUT2D eigenvalue weighted by Crippen LogP contribution is 2.28. The van der Waals surface area contributed by atoms with E-state index < -0.39 is 0 Å². The molecule has 3 rings (SSSR count). The molecule has 4 heteroatoms. The van der Waals surface area contributed by atoms with Gasteiger partial charge in [0.15, 0.2) is 0 Å². The molecule has 3 heterocycles. The van der Waals surface area contributed by atoms with E-state index in [1.165, 1.54) is 12.0 Å². The molecule has 86 valence electrons. The molecule has 2 aliphatic rings. The van der Waals surface area contributed by atoms with Crippen molar-refractivity contribution in [3.05, 3.63) is 17.7 Å². The van der Waals surface area contributed by atoms with Crippen molar-refractivity contribution in [1.29, 1.82) is 0 Å². The Bertz CT molecular complexity index is 391. The quantitative estimate of drug-likeness (QED) is 0.718. The number of hydrogen-bond acceptors (Lipinski definition) is 4. The Morgan fingerprint density at radius 2 is 2.44 bits per heavy atom. The Kier molecular flexibility index (Phi) is 2.44. The Hall–Kier alpha value is -1.29. The van der Waals surface area contributed by atoms with Gasteiger partial charge in [-0.25, -0.2) is 0 Å². The molecule has 1 saturated heterocycles. The number of nitrogens with zero attached hydrogens (tertiary/aromatic N) is 2. The van der Waals surface area contributed by atoms with E-state index in [-0.39, 0.29) is 0 Å². The number of hydrogen-bond donors (Lipinski definition) is 0. The monoisotopic (exact) mass is 220 g/mol. The molecule has 1 atom stereocenters. The smallest absolute Gasteiger partial charge is 0.214 e. The molecule has 0 aromatic carbocycles. The summed E-state index contributed by atoms with van der Waals surface area (Å²) in [6.45, 7) is 2.94. The molecule has 1 aromatic rings. The van der Waals surface area contributed by atoms with Crippen molar-refractivity contribution in [2.24, 2.45) is 0 Å². The molecule has 0 bridgehead atoms. The normalized spacial score (nSPS) is 22.8. The van der Waals surface area contributed by atoms with Crippen molar-refractivity contribution in [3.63, 3.8) is 0 Å². The molecule has 2 aliphatic heterocycles. The fourth-order valence-corrected chi connectivity index (χ4v) is 2.21. The second kappa shape index (κ2) is 3.94. The van der Waals surface area contributed by atoms with Gasteiger partial charge in [0.25, 0.3) is 0 Å². The van der Waals surface area contributed by atoms with Gasteiger partial charge in [-0.05, 0) is 24.5 Å². The molecule has 1 unspecified atom stereocenters. The lowest BCUT2D eigenvalue weighted by atomic mass is 10.1. The summed E-state index contributed by atoms with van der Waals surface area (Å²) in [5.74, 6) is 1.78. The first-order valence-corrected chi connectivity index (χ1v) is 5.77. The van der Waals surface area contributed by atoms with Crippen molar-refractivity contribution in [3.8, 4) is 5.88 Å². The summed E-state index contributed by atoms with van der Waals surface area (Å²) in [6, 6.07) is 4.07. The Morgan fingerprint density at radius 3 is 3.19 bits per heavy atom.